The van der Waals surface area contributed by atoms with Gasteiger partial charge >= 0.3 is 5.97 Å². The molecule has 2 saturated heterocycles. The van der Waals surface area contributed by atoms with E-state index in [1.807, 2.05) is 4.90 Å². The molecule has 10 nitrogen and oxygen atoms in total. The molecule has 2 aliphatic rings. The first-order valence-electron chi connectivity index (χ1n) is 12.7. The average molecular weight is 520 g/mol. The van der Waals surface area contributed by atoms with Crippen LogP contribution >= 0.6 is 0 Å². The van der Waals surface area contributed by atoms with Gasteiger partial charge in [0, 0.05) is 22.9 Å². The van der Waals surface area contributed by atoms with Gasteiger partial charge in [-0.15, -0.1) is 0 Å². The number of carboxylic acids is 1. The van der Waals surface area contributed by atoms with Crippen molar-refractivity contribution in [1.82, 2.24) is 14.7 Å². The lowest BCUT2D eigenvalue weighted by atomic mass is 9.99. The van der Waals surface area contributed by atoms with E-state index in [0.717, 1.165) is 12.8 Å². The fraction of sp³-hybridized carbons (Fsp3) is 0.393. The van der Waals surface area contributed by atoms with Crippen molar-refractivity contribution >= 4 is 28.4 Å². The summed E-state index contributed by atoms with van der Waals surface area (Å²) in [7, 11) is 0. The maximum Gasteiger partial charge on any atom is 0.336 e. The molecule has 198 valence electrons. The molecule has 1 amide bonds. The van der Waals surface area contributed by atoms with Crippen LogP contribution < -0.4 is 5.56 Å². The maximum atomic E-state index is 13.3. The number of carboxylic acid groups (broad SMARTS) is 1. The maximum absolute atomic E-state index is 13.3. The van der Waals surface area contributed by atoms with Crippen molar-refractivity contribution in [2.24, 2.45) is 0 Å². The summed E-state index contributed by atoms with van der Waals surface area (Å²) in [4.78, 5) is 52.3. The van der Waals surface area contributed by atoms with Crippen molar-refractivity contribution in [3.63, 3.8) is 0 Å². The Bertz CT molecular complexity index is 1470. The fourth-order valence-corrected chi connectivity index (χ4v) is 5.45. The normalized spacial score (nSPS) is 19.5. The minimum atomic E-state index is -1.20. The number of aromatic carboxylic acids is 1. The van der Waals surface area contributed by atoms with E-state index >= 15 is 0 Å². The monoisotopic (exact) mass is 519 g/mol. The van der Waals surface area contributed by atoms with Gasteiger partial charge in [0.05, 0.1) is 54.6 Å². The van der Waals surface area contributed by atoms with Crippen LogP contribution in [0, 0.1) is 6.92 Å². The summed E-state index contributed by atoms with van der Waals surface area (Å²) in [6.07, 6.45) is 0.759. The zero-order valence-electron chi connectivity index (χ0n) is 21.0. The van der Waals surface area contributed by atoms with Gasteiger partial charge in [-0.25, -0.2) is 9.48 Å². The highest BCUT2D eigenvalue weighted by Crippen LogP contribution is 2.31. The van der Waals surface area contributed by atoms with Crippen LogP contribution in [0.1, 0.15) is 62.5 Å². The summed E-state index contributed by atoms with van der Waals surface area (Å²) < 4.78 is 6.75. The summed E-state index contributed by atoms with van der Waals surface area (Å²) >= 11 is 0. The molecular formula is C28H29N3O7. The Balaban J connectivity index is 1.30. The average Bonchev–Trinajstić information content (AvgIpc) is 3.17. The lowest BCUT2D eigenvalue weighted by molar-refractivity contribution is -0.00715. The summed E-state index contributed by atoms with van der Waals surface area (Å²) in [6, 6.07) is 11.1. The van der Waals surface area contributed by atoms with Crippen LogP contribution in [0.3, 0.4) is 0 Å². The summed E-state index contributed by atoms with van der Waals surface area (Å²) in [5, 5.41) is 25.2. The molecule has 2 unspecified atom stereocenters. The summed E-state index contributed by atoms with van der Waals surface area (Å²) in [5.74, 6) is -1.67. The van der Waals surface area contributed by atoms with Crippen LogP contribution in [0.4, 0.5) is 0 Å². The molecule has 1 aromatic heterocycles. The quantitative estimate of drug-likeness (QED) is 0.433. The molecule has 10 heteroatoms. The number of carbonyl (C=O) groups is 3. The molecule has 2 aliphatic heterocycles. The molecule has 38 heavy (non-hydrogen) atoms. The van der Waals surface area contributed by atoms with Gasteiger partial charge in [-0.05, 0) is 50.5 Å². The first-order chi connectivity index (χ1) is 18.2. The third-order valence-corrected chi connectivity index (χ3v) is 7.41. The first kappa shape index (κ1) is 25.7. The second kappa shape index (κ2) is 10.5. The Morgan fingerprint density at radius 2 is 1.74 bits per heavy atom. The van der Waals surface area contributed by atoms with Crippen molar-refractivity contribution in [3.8, 4) is 0 Å². The van der Waals surface area contributed by atoms with E-state index in [0.29, 0.717) is 35.2 Å². The highest BCUT2D eigenvalue weighted by molar-refractivity contribution is 6.05. The molecule has 0 aliphatic carbocycles. The van der Waals surface area contributed by atoms with Gasteiger partial charge < -0.3 is 19.8 Å². The number of morpholine rings is 1. The first-order valence-corrected chi connectivity index (χ1v) is 12.7. The number of fused-ring (bicyclic) bond motifs is 3. The summed E-state index contributed by atoms with van der Waals surface area (Å²) in [5.41, 5.74) is 0.627. The Labute approximate surface area is 218 Å². The molecule has 0 spiro atoms. The van der Waals surface area contributed by atoms with E-state index in [2.05, 4.69) is 5.10 Å². The molecular weight excluding hydrogens is 490 g/mol. The van der Waals surface area contributed by atoms with E-state index in [1.54, 1.807) is 37.3 Å². The van der Waals surface area contributed by atoms with Crippen LogP contribution in [0.2, 0.25) is 0 Å². The molecule has 5 rings (SSSR count). The minimum Gasteiger partial charge on any atom is -0.478 e. The number of benzene rings is 2. The highest BCUT2D eigenvalue weighted by Gasteiger charge is 2.40. The van der Waals surface area contributed by atoms with Crippen LogP contribution in [-0.4, -0.2) is 74.0 Å². The number of hydrogen-bond acceptors (Lipinski definition) is 7. The number of aromatic nitrogens is 2. The zero-order chi connectivity index (χ0) is 27.0. The van der Waals surface area contributed by atoms with Crippen LogP contribution in [0.5, 0.6) is 0 Å². The number of amides is 1. The molecule has 3 aromatic rings. The standard InChI is InChI=1S/C28H29N3O7/c1-16-24-12-17(26(34)31-18-7-8-19(31)15-38-14-18)6-10-22(24)27(35)30(29-16)13-20(32)9-11-25(33)21-4-2-3-5-23(21)28(36)37/h2-6,10,12,18-20,32H,7-9,11,13-15H2,1H3,(H,36,37)/t18?,19?,20-/m0/s1. The van der Waals surface area contributed by atoms with Gasteiger partial charge in [0.1, 0.15) is 0 Å². The predicted octanol–water partition coefficient (Wildman–Crippen LogP) is 2.43. The molecule has 0 radical (unpaired) electrons. The highest BCUT2D eigenvalue weighted by atomic mass is 16.5. The van der Waals surface area contributed by atoms with Crippen LogP contribution in [0.15, 0.2) is 47.3 Å². The number of rotatable bonds is 8. The molecule has 3 heterocycles. The Morgan fingerprint density at radius 3 is 2.42 bits per heavy atom. The van der Waals surface area contributed by atoms with Gasteiger partial charge in [-0.3, -0.25) is 14.4 Å². The number of ketones is 1. The van der Waals surface area contributed by atoms with Gasteiger partial charge in [-0.2, -0.15) is 5.10 Å². The second-order valence-electron chi connectivity index (χ2n) is 9.93. The minimum absolute atomic E-state index is 0.0350. The number of hydrogen-bond donors (Lipinski definition) is 2. The number of ether oxygens (including phenoxy) is 1. The third kappa shape index (κ3) is 4.84. The summed E-state index contributed by atoms with van der Waals surface area (Å²) in [6.45, 7) is 2.70. The number of nitrogens with zero attached hydrogens (tertiary/aromatic N) is 3. The van der Waals surface area contributed by atoms with E-state index in [1.165, 1.54) is 16.8 Å². The van der Waals surface area contributed by atoms with Gasteiger partial charge in [0.15, 0.2) is 5.78 Å². The largest absolute Gasteiger partial charge is 0.478 e. The predicted molar refractivity (Wildman–Crippen MR) is 138 cm³/mol. The molecule has 3 atom stereocenters. The topological polar surface area (TPSA) is 139 Å². The van der Waals surface area contributed by atoms with E-state index in [-0.39, 0.29) is 48.5 Å². The Hall–Kier alpha value is -3.89. The second-order valence-corrected chi connectivity index (χ2v) is 9.93. The van der Waals surface area contributed by atoms with Gasteiger partial charge in [0.25, 0.3) is 11.5 Å². The van der Waals surface area contributed by atoms with Crippen molar-refractivity contribution in [2.75, 3.05) is 13.2 Å². The SMILES string of the molecule is Cc1nn(C[C@@H](O)CCC(=O)c2ccccc2C(=O)O)c(=O)c2ccc(C(=O)N3C4CCC3COC4)cc12. The van der Waals surface area contributed by atoms with E-state index in [4.69, 9.17) is 4.74 Å². The van der Waals surface area contributed by atoms with Crippen molar-refractivity contribution in [3.05, 3.63) is 75.2 Å². The number of aliphatic hydroxyl groups is 1. The van der Waals surface area contributed by atoms with Crippen LogP contribution in [0.25, 0.3) is 10.8 Å². The number of aliphatic hydroxyl groups excluding tert-OH is 1. The number of Topliss-reactive ketones (excluding diaryl/α,β-unsaturated/α-hetero) is 1. The molecule has 2 fully saturated rings. The molecule has 2 bridgehead atoms. The van der Waals surface area contributed by atoms with Crippen molar-refractivity contribution < 1.29 is 29.3 Å². The van der Waals surface area contributed by atoms with Gasteiger partial charge in [-0.1, -0.05) is 18.2 Å². The van der Waals surface area contributed by atoms with Crippen LogP contribution in [-0.2, 0) is 11.3 Å². The smallest absolute Gasteiger partial charge is 0.336 e. The molecule has 2 N–H and O–H groups in total. The molecule has 0 saturated carbocycles. The van der Waals surface area contributed by atoms with Crippen molar-refractivity contribution in [1.29, 1.82) is 0 Å². The number of carbonyl (C=O) groups excluding carboxylic acids is 2. The lowest BCUT2D eigenvalue weighted by Gasteiger charge is -2.34. The van der Waals surface area contributed by atoms with Gasteiger partial charge in [0.2, 0.25) is 0 Å². The van der Waals surface area contributed by atoms with Crippen molar-refractivity contribution in [2.45, 2.75) is 57.3 Å². The van der Waals surface area contributed by atoms with E-state index < -0.39 is 23.4 Å². The Morgan fingerprint density at radius 1 is 1.05 bits per heavy atom. The zero-order valence-corrected chi connectivity index (χ0v) is 21.0. The third-order valence-electron chi connectivity index (χ3n) is 7.41. The fourth-order valence-electron chi connectivity index (χ4n) is 5.45. The number of aryl methyl sites for hydroxylation is 1. The molecule has 2 aromatic carbocycles. The Kier molecular flexibility index (Phi) is 7.09. The lowest BCUT2D eigenvalue weighted by Crippen LogP contribution is -2.49. The van der Waals surface area contributed by atoms with E-state index in [9.17, 15) is 29.4 Å².